The van der Waals surface area contributed by atoms with E-state index in [9.17, 15) is 8.42 Å². The molecule has 0 bridgehead atoms. The van der Waals surface area contributed by atoms with E-state index in [4.69, 9.17) is 9.63 Å². The summed E-state index contributed by atoms with van der Waals surface area (Å²) in [6.07, 6.45) is 0. The van der Waals surface area contributed by atoms with E-state index < -0.39 is 10.0 Å². The van der Waals surface area contributed by atoms with E-state index in [1.807, 2.05) is 0 Å². The third-order valence-electron chi connectivity index (χ3n) is 2.55. The Hall–Kier alpha value is -1.70. The lowest BCUT2D eigenvalue weighted by Gasteiger charge is -2.08. The molecule has 7 heteroatoms. The van der Waals surface area contributed by atoms with Crippen molar-refractivity contribution in [3.63, 3.8) is 0 Å². The van der Waals surface area contributed by atoms with Crippen LogP contribution in [0.2, 0.25) is 0 Å². The van der Waals surface area contributed by atoms with Gasteiger partial charge in [0.2, 0.25) is 10.0 Å². The predicted octanol–water partition coefficient (Wildman–Crippen LogP) is 0.954. The molecule has 0 atom stereocenters. The molecule has 1 aromatic heterocycles. The van der Waals surface area contributed by atoms with Gasteiger partial charge in [-0.3, -0.25) is 0 Å². The van der Waals surface area contributed by atoms with Gasteiger partial charge in [-0.2, -0.15) is 0 Å². The molecule has 19 heavy (non-hydrogen) atoms. The van der Waals surface area contributed by atoms with Crippen LogP contribution in [-0.2, 0) is 23.2 Å². The van der Waals surface area contributed by atoms with Crippen molar-refractivity contribution in [2.45, 2.75) is 25.0 Å². The lowest BCUT2D eigenvalue weighted by molar-refractivity contribution is 0.278. The molecule has 0 aliphatic carbocycles. The third kappa shape index (κ3) is 3.19. The molecule has 0 amide bonds. The maximum absolute atomic E-state index is 12.1. The number of hydrogen-bond acceptors (Lipinski definition) is 5. The van der Waals surface area contributed by atoms with Crippen LogP contribution in [0.3, 0.4) is 0 Å². The zero-order valence-electron chi connectivity index (χ0n) is 10.3. The molecule has 0 radical (unpaired) electrons. The Labute approximate surface area is 111 Å². The first-order valence-electron chi connectivity index (χ1n) is 5.63. The zero-order valence-corrected chi connectivity index (χ0v) is 11.1. The smallest absolute Gasteiger partial charge is 0.241 e. The zero-order chi connectivity index (χ0) is 13.9. The molecule has 2 rings (SSSR count). The Morgan fingerprint density at radius 2 is 2.11 bits per heavy atom. The maximum Gasteiger partial charge on any atom is 0.241 e. The number of nitrogens with zero attached hydrogens (tertiary/aromatic N) is 1. The van der Waals surface area contributed by atoms with Crippen molar-refractivity contribution in [1.82, 2.24) is 9.88 Å². The number of rotatable bonds is 5. The fraction of sp³-hybridized carbons (Fsp3) is 0.250. The first-order chi connectivity index (χ1) is 9.03. The minimum Gasteiger partial charge on any atom is -0.392 e. The van der Waals surface area contributed by atoms with Gasteiger partial charge in [-0.05, 0) is 18.6 Å². The quantitative estimate of drug-likeness (QED) is 0.852. The van der Waals surface area contributed by atoms with E-state index in [1.165, 1.54) is 6.07 Å². The van der Waals surface area contributed by atoms with Crippen LogP contribution in [0.15, 0.2) is 39.8 Å². The molecule has 2 aromatic rings. The molecule has 1 heterocycles. The van der Waals surface area contributed by atoms with Gasteiger partial charge in [0.15, 0.2) is 5.76 Å². The van der Waals surface area contributed by atoms with Crippen molar-refractivity contribution in [3.05, 3.63) is 47.3 Å². The van der Waals surface area contributed by atoms with Crippen LogP contribution >= 0.6 is 0 Å². The van der Waals surface area contributed by atoms with Gasteiger partial charge in [0, 0.05) is 6.07 Å². The highest BCUT2D eigenvalue weighted by molar-refractivity contribution is 7.89. The van der Waals surface area contributed by atoms with Crippen molar-refractivity contribution in [3.8, 4) is 0 Å². The minimum atomic E-state index is -3.69. The first-order valence-corrected chi connectivity index (χ1v) is 7.12. The van der Waals surface area contributed by atoms with Gasteiger partial charge in [-0.25, -0.2) is 13.1 Å². The molecule has 0 saturated carbocycles. The van der Waals surface area contributed by atoms with E-state index in [2.05, 4.69) is 9.88 Å². The second-order valence-electron chi connectivity index (χ2n) is 4.02. The molecule has 1 aromatic carbocycles. The van der Waals surface area contributed by atoms with Gasteiger partial charge in [0.05, 0.1) is 23.7 Å². The summed E-state index contributed by atoms with van der Waals surface area (Å²) < 4.78 is 31.5. The number of nitrogens with one attached hydrogen (secondary N) is 1. The molecule has 0 unspecified atom stereocenters. The van der Waals surface area contributed by atoms with Crippen LogP contribution in [0.4, 0.5) is 0 Å². The number of benzene rings is 1. The molecule has 2 N–H and O–H groups in total. The summed E-state index contributed by atoms with van der Waals surface area (Å²) in [5, 5.41) is 12.8. The fourth-order valence-corrected chi connectivity index (χ4v) is 2.86. The maximum atomic E-state index is 12.1. The number of aromatic nitrogens is 1. The van der Waals surface area contributed by atoms with Crippen LogP contribution in [0.25, 0.3) is 0 Å². The Kier molecular flexibility index (Phi) is 3.98. The van der Waals surface area contributed by atoms with Crippen molar-refractivity contribution >= 4 is 10.0 Å². The fourth-order valence-electron chi connectivity index (χ4n) is 1.64. The van der Waals surface area contributed by atoms with Gasteiger partial charge < -0.3 is 9.63 Å². The second kappa shape index (κ2) is 5.52. The van der Waals surface area contributed by atoms with Gasteiger partial charge in [0.1, 0.15) is 0 Å². The van der Waals surface area contributed by atoms with Crippen LogP contribution in [-0.4, -0.2) is 18.7 Å². The normalized spacial score (nSPS) is 11.7. The summed E-state index contributed by atoms with van der Waals surface area (Å²) >= 11 is 0. The standard InChI is InChI=1S/C12H14N2O4S/c1-9-6-11(18-14-9)7-13-19(16,17)12-5-3-2-4-10(12)8-15/h2-6,13,15H,7-8H2,1H3. The molecule has 102 valence electrons. The summed E-state index contributed by atoms with van der Waals surface area (Å²) in [5.74, 6) is 0.433. The van der Waals surface area contributed by atoms with E-state index in [0.717, 1.165) is 0 Å². The summed E-state index contributed by atoms with van der Waals surface area (Å²) in [6.45, 7) is 1.43. The van der Waals surface area contributed by atoms with Gasteiger partial charge in [-0.1, -0.05) is 23.4 Å². The average molecular weight is 282 g/mol. The summed E-state index contributed by atoms with van der Waals surface area (Å²) in [6, 6.07) is 7.93. The average Bonchev–Trinajstić information content (AvgIpc) is 2.82. The Morgan fingerprint density at radius 3 is 2.74 bits per heavy atom. The van der Waals surface area contributed by atoms with Crippen molar-refractivity contribution in [1.29, 1.82) is 0 Å². The van der Waals surface area contributed by atoms with Gasteiger partial charge >= 0.3 is 0 Å². The molecule has 0 spiro atoms. The van der Waals surface area contributed by atoms with E-state index in [1.54, 1.807) is 31.2 Å². The Morgan fingerprint density at radius 1 is 1.37 bits per heavy atom. The molecule has 0 aliphatic rings. The number of aliphatic hydroxyl groups excluding tert-OH is 1. The summed E-state index contributed by atoms with van der Waals surface area (Å²) in [5.41, 5.74) is 1.04. The van der Waals surface area contributed by atoms with E-state index in [0.29, 0.717) is 17.0 Å². The van der Waals surface area contributed by atoms with Crippen LogP contribution in [0.5, 0.6) is 0 Å². The summed E-state index contributed by atoms with van der Waals surface area (Å²) in [4.78, 5) is 0.0636. The van der Waals surface area contributed by atoms with E-state index >= 15 is 0 Å². The summed E-state index contributed by atoms with van der Waals surface area (Å²) in [7, 11) is -3.69. The first kappa shape index (κ1) is 13.7. The Balaban J connectivity index is 2.18. The number of aryl methyl sites for hydroxylation is 1. The highest BCUT2D eigenvalue weighted by atomic mass is 32.2. The molecule has 0 aliphatic heterocycles. The Bertz CT molecular complexity index is 664. The molecular formula is C12H14N2O4S. The van der Waals surface area contributed by atoms with Gasteiger partial charge in [0.25, 0.3) is 0 Å². The third-order valence-corrected chi connectivity index (χ3v) is 4.05. The SMILES string of the molecule is Cc1cc(CNS(=O)(=O)c2ccccc2CO)on1. The highest BCUT2D eigenvalue weighted by Gasteiger charge is 2.18. The minimum absolute atomic E-state index is 0.0168. The molecule has 0 fully saturated rings. The van der Waals surface area contributed by atoms with Crippen LogP contribution in [0, 0.1) is 6.92 Å². The van der Waals surface area contributed by atoms with Crippen LogP contribution < -0.4 is 4.72 Å². The number of hydrogen-bond donors (Lipinski definition) is 2. The number of sulfonamides is 1. The molecular weight excluding hydrogens is 268 g/mol. The lowest BCUT2D eigenvalue weighted by atomic mass is 10.2. The van der Waals surface area contributed by atoms with E-state index in [-0.39, 0.29) is 18.0 Å². The topological polar surface area (TPSA) is 92.4 Å². The monoisotopic (exact) mass is 282 g/mol. The van der Waals surface area contributed by atoms with Gasteiger partial charge in [-0.15, -0.1) is 0 Å². The second-order valence-corrected chi connectivity index (χ2v) is 5.76. The van der Waals surface area contributed by atoms with Crippen molar-refractivity contribution in [2.24, 2.45) is 0 Å². The van der Waals surface area contributed by atoms with Crippen molar-refractivity contribution < 1.29 is 18.0 Å². The molecule has 0 saturated heterocycles. The predicted molar refractivity (Wildman–Crippen MR) is 67.6 cm³/mol. The van der Waals surface area contributed by atoms with Crippen molar-refractivity contribution in [2.75, 3.05) is 0 Å². The number of aliphatic hydroxyl groups is 1. The van der Waals surface area contributed by atoms with Crippen LogP contribution in [0.1, 0.15) is 17.0 Å². The largest absolute Gasteiger partial charge is 0.392 e. The highest BCUT2D eigenvalue weighted by Crippen LogP contribution is 2.15. The lowest BCUT2D eigenvalue weighted by Crippen LogP contribution is -2.24. The molecule has 6 nitrogen and oxygen atoms in total.